The van der Waals surface area contributed by atoms with Crippen LogP contribution in [-0.4, -0.2) is 29.5 Å². The summed E-state index contributed by atoms with van der Waals surface area (Å²) in [5.74, 6) is 0.317. The molecule has 0 fully saturated rings. The van der Waals surface area contributed by atoms with Crippen molar-refractivity contribution in [3.63, 3.8) is 0 Å². The number of hydrogen-bond acceptors (Lipinski definition) is 5. The van der Waals surface area contributed by atoms with Crippen molar-refractivity contribution in [1.29, 1.82) is 0 Å². The van der Waals surface area contributed by atoms with Crippen LogP contribution in [0.15, 0.2) is 64.6 Å². The number of nitrogens with two attached hydrogens (primary N) is 1. The van der Waals surface area contributed by atoms with Crippen LogP contribution in [0.1, 0.15) is 21.7 Å². The van der Waals surface area contributed by atoms with Gasteiger partial charge in [-0.2, -0.15) is 0 Å². The van der Waals surface area contributed by atoms with Gasteiger partial charge in [-0.1, -0.05) is 17.8 Å². The third-order valence-electron chi connectivity index (χ3n) is 4.14. The minimum absolute atomic E-state index is 0.0196. The Labute approximate surface area is 162 Å². The van der Waals surface area contributed by atoms with Gasteiger partial charge in [0, 0.05) is 28.8 Å². The highest BCUT2D eigenvalue weighted by atomic mass is 32.2. The molecular weight excluding hydrogens is 382 g/mol. The molecule has 1 aromatic carbocycles. The summed E-state index contributed by atoms with van der Waals surface area (Å²) < 4.78 is 24.8. The third kappa shape index (κ3) is 4.29. The van der Waals surface area contributed by atoms with Crippen molar-refractivity contribution in [2.24, 2.45) is 5.14 Å². The largest absolute Gasteiger partial charge is 0.318 e. The standard InChI is InChI=1S/C19H19N3O3S2/c1-13-11-17(18(23)12-26-19-5-3-4-10-21-19)14(2)22(13)15-6-8-16(9-7-15)27(20,24)25/h3-11H,12H2,1-2H3,(H2,20,24,25). The van der Waals surface area contributed by atoms with E-state index in [-0.39, 0.29) is 10.7 Å². The normalized spacial score (nSPS) is 11.5. The average molecular weight is 402 g/mol. The average Bonchev–Trinajstić information content (AvgIpc) is 2.94. The molecule has 0 saturated carbocycles. The molecule has 6 nitrogen and oxygen atoms in total. The molecule has 27 heavy (non-hydrogen) atoms. The molecule has 0 spiro atoms. The molecule has 0 saturated heterocycles. The first-order valence-electron chi connectivity index (χ1n) is 8.16. The number of hydrogen-bond donors (Lipinski definition) is 1. The molecule has 0 aliphatic heterocycles. The fraction of sp³-hybridized carbons (Fsp3) is 0.158. The molecular formula is C19H19N3O3S2. The molecule has 0 aliphatic rings. The van der Waals surface area contributed by atoms with Gasteiger partial charge in [0.2, 0.25) is 10.0 Å². The number of aryl methyl sites for hydroxylation is 1. The van der Waals surface area contributed by atoms with Crippen LogP contribution in [-0.2, 0) is 10.0 Å². The topological polar surface area (TPSA) is 95.0 Å². The van der Waals surface area contributed by atoms with Gasteiger partial charge in [0.05, 0.1) is 15.7 Å². The number of carbonyl (C=O) groups is 1. The minimum Gasteiger partial charge on any atom is -0.318 e. The number of primary sulfonamides is 1. The third-order valence-corrected chi connectivity index (χ3v) is 6.02. The van der Waals surface area contributed by atoms with Crippen LogP contribution in [0.5, 0.6) is 0 Å². The Morgan fingerprint density at radius 2 is 1.85 bits per heavy atom. The molecule has 0 atom stereocenters. The predicted octanol–water partition coefficient (Wildman–Crippen LogP) is 3.11. The summed E-state index contributed by atoms with van der Waals surface area (Å²) in [5.41, 5.74) is 3.12. The van der Waals surface area contributed by atoms with Crippen LogP contribution in [0.25, 0.3) is 5.69 Å². The second-order valence-electron chi connectivity index (χ2n) is 6.04. The highest BCUT2D eigenvalue weighted by molar-refractivity contribution is 7.99. The summed E-state index contributed by atoms with van der Waals surface area (Å²) in [6.07, 6.45) is 1.70. The first-order valence-corrected chi connectivity index (χ1v) is 10.7. The lowest BCUT2D eigenvalue weighted by molar-refractivity contribution is 0.102. The molecule has 3 aromatic rings. The van der Waals surface area contributed by atoms with E-state index in [4.69, 9.17) is 5.14 Å². The number of carbonyl (C=O) groups excluding carboxylic acids is 1. The molecule has 0 bridgehead atoms. The van der Waals surface area contributed by atoms with Gasteiger partial charge in [-0.25, -0.2) is 18.5 Å². The first kappa shape index (κ1) is 19.3. The summed E-state index contributed by atoms with van der Waals surface area (Å²) >= 11 is 1.40. The Balaban J connectivity index is 1.85. The van der Waals surface area contributed by atoms with Crippen molar-refractivity contribution in [2.45, 2.75) is 23.8 Å². The maximum atomic E-state index is 12.7. The Morgan fingerprint density at radius 1 is 1.15 bits per heavy atom. The van der Waals surface area contributed by atoms with Gasteiger partial charge in [-0.3, -0.25) is 4.79 Å². The van der Waals surface area contributed by atoms with E-state index in [0.717, 1.165) is 22.1 Å². The molecule has 0 unspecified atom stereocenters. The number of Topliss-reactive ketones (excluding diaryl/α,β-unsaturated/α-hetero) is 1. The van der Waals surface area contributed by atoms with E-state index < -0.39 is 10.0 Å². The van der Waals surface area contributed by atoms with Gasteiger partial charge in [0.15, 0.2) is 5.78 Å². The molecule has 0 radical (unpaired) electrons. The summed E-state index contributed by atoms with van der Waals surface area (Å²) in [6.45, 7) is 3.78. The van der Waals surface area contributed by atoms with Gasteiger partial charge in [-0.05, 0) is 56.3 Å². The zero-order valence-corrected chi connectivity index (χ0v) is 16.5. The lowest BCUT2D eigenvalue weighted by Gasteiger charge is -2.10. The number of sulfonamides is 1. The van der Waals surface area contributed by atoms with E-state index in [0.29, 0.717) is 11.3 Å². The van der Waals surface area contributed by atoms with E-state index in [1.807, 2.05) is 42.7 Å². The smallest absolute Gasteiger partial charge is 0.238 e. The molecule has 2 aromatic heterocycles. The van der Waals surface area contributed by atoms with E-state index in [2.05, 4.69) is 4.98 Å². The highest BCUT2D eigenvalue weighted by Gasteiger charge is 2.17. The Morgan fingerprint density at radius 3 is 2.44 bits per heavy atom. The minimum atomic E-state index is -3.74. The molecule has 2 heterocycles. The number of nitrogens with zero attached hydrogens (tertiary/aromatic N) is 2. The number of aromatic nitrogens is 2. The number of rotatable bonds is 6. The van der Waals surface area contributed by atoms with Crippen LogP contribution in [0.3, 0.4) is 0 Å². The van der Waals surface area contributed by atoms with Crippen LogP contribution in [0, 0.1) is 13.8 Å². The molecule has 2 N–H and O–H groups in total. The van der Waals surface area contributed by atoms with Crippen LogP contribution in [0.2, 0.25) is 0 Å². The van der Waals surface area contributed by atoms with Gasteiger partial charge >= 0.3 is 0 Å². The SMILES string of the molecule is Cc1cc(C(=O)CSc2ccccn2)c(C)n1-c1ccc(S(N)(=O)=O)cc1. The summed E-state index contributed by atoms with van der Waals surface area (Å²) in [4.78, 5) is 16.9. The van der Waals surface area contributed by atoms with Gasteiger partial charge in [0.1, 0.15) is 0 Å². The van der Waals surface area contributed by atoms with E-state index in [9.17, 15) is 13.2 Å². The molecule has 0 amide bonds. The zero-order valence-electron chi connectivity index (χ0n) is 14.9. The van der Waals surface area contributed by atoms with Gasteiger partial charge in [-0.15, -0.1) is 0 Å². The zero-order chi connectivity index (χ0) is 19.6. The fourth-order valence-electron chi connectivity index (χ4n) is 2.88. The van der Waals surface area contributed by atoms with Crippen molar-refractivity contribution < 1.29 is 13.2 Å². The summed E-state index contributed by atoms with van der Waals surface area (Å²) in [6, 6.07) is 13.7. The van der Waals surface area contributed by atoms with Crippen molar-refractivity contribution >= 4 is 27.6 Å². The van der Waals surface area contributed by atoms with Crippen LogP contribution >= 0.6 is 11.8 Å². The van der Waals surface area contributed by atoms with Gasteiger partial charge < -0.3 is 4.57 Å². The Kier molecular flexibility index (Phi) is 5.50. The number of benzene rings is 1. The van der Waals surface area contributed by atoms with Crippen LogP contribution < -0.4 is 5.14 Å². The second-order valence-corrected chi connectivity index (χ2v) is 8.60. The number of pyridine rings is 1. The summed E-state index contributed by atoms with van der Waals surface area (Å²) in [5, 5.41) is 5.95. The quantitative estimate of drug-likeness (QED) is 0.506. The molecule has 140 valence electrons. The van der Waals surface area contributed by atoms with Crippen molar-refractivity contribution in [1.82, 2.24) is 9.55 Å². The lowest BCUT2D eigenvalue weighted by atomic mass is 10.2. The monoisotopic (exact) mass is 401 g/mol. The molecule has 8 heteroatoms. The maximum absolute atomic E-state index is 12.7. The van der Waals surface area contributed by atoms with E-state index >= 15 is 0 Å². The van der Waals surface area contributed by atoms with Gasteiger partial charge in [0.25, 0.3) is 0 Å². The van der Waals surface area contributed by atoms with Crippen molar-refractivity contribution in [3.8, 4) is 5.69 Å². The van der Waals surface area contributed by atoms with Crippen molar-refractivity contribution in [3.05, 3.63) is 71.7 Å². The maximum Gasteiger partial charge on any atom is 0.238 e. The van der Waals surface area contributed by atoms with E-state index in [1.54, 1.807) is 18.3 Å². The predicted molar refractivity (Wildman–Crippen MR) is 106 cm³/mol. The fourth-order valence-corrected chi connectivity index (χ4v) is 4.14. The highest BCUT2D eigenvalue weighted by Crippen LogP contribution is 2.24. The second kappa shape index (κ2) is 7.67. The van der Waals surface area contributed by atoms with Crippen LogP contribution in [0.4, 0.5) is 0 Å². The van der Waals surface area contributed by atoms with E-state index in [1.165, 1.54) is 23.9 Å². The molecule has 0 aliphatic carbocycles. The summed E-state index contributed by atoms with van der Waals surface area (Å²) in [7, 11) is -3.74. The Bertz CT molecular complexity index is 1070. The first-order chi connectivity index (χ1) is 12.8. The number of ketones is 1. The van der Waals surface area contributed by atoms with Crippen molar-refractivity contribution in [2.75, 3.05) is 5.75 Å². The number of thioether (sulfide) groups is 1. The lowest BCUT2D eigenvalue weighted by Crippen LogP contribution is -2.12. The molecule has 3 rings (SSSR count). The Hall–Kier alpha value is -2.42.